The van der Waals surface area contributed by atoms with Crippen molar-refractivity contribution in [2.45, 2.75) is 46.5 Å². The van der Waals surface area contributed by atoms with E-state index in [1.54, 1.807) is 0 Å². The number of ketones is 1. The molecule has 86 valence electrons. The topological polar surface area (TPSA) is 17.1 Å². The molecule has 0 aromatic heterocycles. The lowest BCUT2D eigenvalue weighted by Gasteiger charge is -2.10. The van der Waals surface area contributed by atoms with Crippen LogP contribution in [0.3, 0.4) is 0 Å². The Morgan fingerprint density at radius 3 is 2.25 bits per heavy atom. The van der Waals surface area contributed by atoms with Crippen LogP contribution in [0.1, 0.15) is 52.7 Å². The third-order valence-electron chi connectivity index (χ3n) is 3.43. The van der Waals surface area contributed by atoms with Gasteiger partial charge in [0.15, 0.2) is 5.78 Å². The first kappa shape index (κ1) is 11.4. The minimum absolute atomic E-state index is 0.335. The number of benzene rings is 1. The van der Waals surface area contributed by atoms with Crippen LogP contribution in [0.4, 0.5) is 0 Å². The number of aryl methyl sites for hydroxylation is 3. The van der Waals surface area contributed by atoms with Crippen molar-refractivity contribution in [3.63, 3.8) is 0 Å². The van der Waals surface area contributed by atoms with E-state index in [0.29, 0.717) is 5.78 Å². The molecule has 0 saturated heterocycles. The molecular formula is C15H20O. The average Bonchev–Trinajstić information content (AvgIpc) is 2.96. The molecule has 0 unspecified atom stereocenters. The van der Waals surface area contributed by atoms with Crippen LogP contribution in [0.5, 0.6) is 0 Å². The molecule has 16 heavy (non-hydrogen) atoms. The van der Waals surface area contributed by atoms with Crippen molar-refractivity contribution >= 4 is 5.78 Å². The van der Waals surface area contributed by atoms with Crippen molar-refractivity contribution in [2.24, 2.45) is 5.92 Å². The third kappa shape index (κ3) is 2.52. The normalized spacial score (nSPS) is 15.2. The zero-order valence-corrected chi connectivity index (χ0v) is 10.5. The molecule has 2 rings (SSSR count). The Morgan fingerprint density at radius 1 is 1.19 bits per heavy atom. The van der Waals surface area contributed by atoms with Gasteiger partial charge in [-0.05, 0) is 44.2 Å². The molecule has 0 bridgehead atoms. The Kier molecular flexibility index (Phi) is 3.13. The fourth-order valence-corrected chi connectivity index (χ4v) is 2.49. The smallest absolute Gasteiger partial charge is 0.163 e. The Balaban J connectivity index is 2.14. The number of rotatable bonds is 4. The van der Waals surface area contributed by atoms with Gasteiger partial charge >= 0.3 is 0 Å². The maximum atomic E-state index is 12.1. The zero-order chi connectivity index (χ0) is 11.7. The molecule has 0 heterocycles. The van der Waals surface area contributed by atoms with E-state index < -0.39 is 0 Å². The highest BCUT2D eigenvalue weighted by atomic mass is 16.1. The van der Waals surface area contributed by atoms with Crippen LogP contribution in [0.15, 0.2) is 12.1 Å². The molecule has 1 heteroatoms. The van der Waals surface area contributed by atoms with Gasteiger partial charge in [0.05, 0.1) is 0 Å². The molecule has 1 aliphatic rings. The molecular weight excluding hydrogens is 196 g/mol. The first-order valence-corrected chi connectivity index (χ1v) is 6.19. The Bertz CT molecular complexity index is 390. The second-order valence-corrected chi connectivity index (χ2v) is 5.18. The lowest BCUT2D eigenvalue weighted by atomic mass is 9.94. The van der Waals surface area contributed by atoms with E-state index in [1.165, 1.54) is 18.4 Å². The average molecular weight is 216 g/mol. The standard InChI is InChI=1S/C15H20O/c1-10-8-11(2)15(12(3)9-10)14(16)7-6-13-4-5-13/h8-9,13H,4-7H2,1-3H3. The maximum Gasteiger partial charge on any atom is 0.163 e. The van der Waals surface area contributed by atoms with E-state index in [4.69, 9.17) is 0 Å². The monoisotopic (exact) mass is 216 g/mol. The summed E-state index contributed by atoms with van der Waals surface area (Å²) in [6.45, 7) is 6.17. The summed E-state index contributed by atoms with van der Waals surface area (Å²) >= 11 is 0. The van der Waals surface area contributed by atoms with Crippen molar-refractivity contribution in [1.82, 2.24) is 0 Å². The Hall–Kier alpha value is -1.11. The minimum atomic E-state index is 0.335. The summed E-state index contributed by atoms with van der Waals surface area (Å²) in [6, 6.07) is 4.22. The van der Waals surface area contributed by atoms with Gasteiger partial charge in [0, 0.05) is 12.0 Å². The summed E-state index contributed by atoms with van der Waals surface area (Å²) in [6.07, 6.45) is 4.49. The van der Waals surface area contributed by atoms with Gasteiger partial charge in [-0.3, -0.25) is 4.79 Å². The molecule has 1 aromatic carbocycles. The molecule has 1 aromatic rings. The van der Waals surface area contributed by atoms with E-state index in [1.807, 2.05) is 13.8 Å². The first-order valence-electron chi connectivity index (χ1n) is 6.19. The summed E-state index contributed by atoms with van der Waals surface area (Å²) in [5, 5.41) is 0. The number of hydrogen-bond donors (Lipinski definition) is 0. The Labute approximate surface area is 97.9 Å². The molecule has 1 nitrogen and oxygen atoms in total. The van der Waals surface area contributed by atoms with Gasteiger partial charge in [0.25, 0.3) is 0 Å². The number of hydrogen-bond acceptors (Lipinski definition) is 1. The summed E-state index contributed by atoms with van der Waals surface area (Å²) in [5.41, 5.74) is 4.48. The third-order valence-corrected chi connectivity index (χ3v) is 3.43. The van der Waals surface area contributed by atoms with Crippen molar-refractivity contribution < 1.29 is 4.79 Å². The lowest BCUT2D eigenvalue weighted by molar-refractivity contribution is 0.0977. The van der Waals surface area contributed by atoms with Gasteiger partial charge in [-0.15, -0.1) is 0 Å². The highest BCUT2D eigenvalue weighted by Crippen LogP contribution is 2.34. The Morgan fingerprint density at radius 2 is 1.75 bits per heavy atom. The highest BCUT2D eigenvalue weighted by molar-refractivity contribution is 5.98. The van der Waals surface area contributed by atoms with Crippen LogP contribution >= 0.6 is 0 Å². The largest absolute Gasteiger partial charge is 0.294 e. The van der Waals surface area contributed by atoms with E-state index in [2.05, 4.69) is 19.1 Å². The predicted molar refractivity (Wildman–Crippen MR) is 66.9 cm³/mol. The molecule has 0 aliphatic heterocycles. The van der Waals surface area contributed by atoms with Crippen LogP contribution in [0.2, 0.25) is 0 Å². The van der Waals surface area contributed by atoms with Crippen LogP contribution < -0.4 is 0 Å². The molecule has 0 radical (unpaired) electrons. The first-order chi connectivity index (χ1) is 7.58. The summed E-state index contributed by atoms with van der Waals surface area (Å²) in [5.74, 6) is 1.18. The summed E-state index contributed by atoms with van der Waals surface area (Å²) in [4.78, 5) is 12.1. The number of carbonyl (C=O) groups excluding carboxylic acids is 1. The number of carbonyl (C=O) groups is 1. The van der Waals surface area contributed by atoms with Crippen molar-refractivity contribution in [1.29, 1.82) is 0 Å². The minimum Gasteiger partial charge on any atom is -0.294 e. The van der Waals surface area contributed by atoms with Gasteiger partial charge in [-0.2, -0.15) is 0 Å². The molecule has 1 fully saturated rings. The molecule has 1 aliphatic carbocycles. The number of Topliss-reactive ketones (excluding diaryl/α,β-unsaturated/α-hetero) is 1. The van der Waals surface area contributed by atoms with Crippen molar-refractivity contribution in [3.8, 4) is 0 Å². The highest BCUT2D eigenvalue weighted by Gasteiger charge is 2.23. The van der Waals surface area contributed by atoms with Gasteiger partial charge < -0.3 is 0 Å². The van der Waals surface area contributed by atoms with Crippen molar-refractivity contribution in [3.05, 3.63) is 34.4 Å². The van der Waals surface area contributed by atoms with E-state index in [0.717, 1.165) is 35.4 Å². The molecule has 0 spiro atoms. The van der Waals surface area contributed by atoms with Crippen LogP contribution in [0.25, 0.3) is 0 Å². The SMILES string of the molecule is Cc1cc(C)c(C(=O)CCC2CC2)c(C)c1. The second kappa shape index (κ2) is 4.40. The van der Waals surface area contributed by atoms with E-state index in [9.17, 15) is 4.79 Å². The fraction of sp³-hybridized carbons (Fsp3) is 0.533. The lowest BCUT2D eigenvalue weighted by Crippen LogP contribution is -2.05. The zero-order valence-electron chi connectivity index (χ0n) is 10.5. The summed E-state index contributed by atoms with van der Waals surface area (Å²) < 4.78 is 0. The van der Waals surface area contributed by atoms with Gasteiger partial charge in [0.1, 0.15) is 0 Å². The predicted octanol–water partition coefficient (Wildman–Crippen LogP) is 3.98. The van der Waals surface area contributed by atoms with Gasteiger partial charge in [-0.1, -0.05) is 30.5 Å². The van der Waals surface area contributed by atoms with Gasteiger partial charge in [0.2, 0.25) is 0 Å². The maximum absolute atomic E-state index is 12.1. The van der Waals surface area contributed by atoms with Crippen LogP contribution in [0, 0.1) is 26.7 Å². The van der Waals surface area contributed by atoms with Crippen molar-refractivity contribution in [2.75, 3.05) is 0 Å². The van der Waals surface area contributed by atoms with Crippen LogP contribution in [-0.4, -0.2) is 5.78 Å². The second-order valence-electron chi connectivity index (χ2n) is 5.18. The summed E-state index contributed by atoms with van der Waals surface area (Å²) in [7, 11) is 0. The van der Waals surface area contributed by atoms with Crippen LogP contribution in [-0.2, 0) is 0 Å². The quantitative estimate of drug-likeness (QED) is 0.696. The molecule has 0 amide bonds. The molecule has 0 atom stereocenters. The van der Waals surface area contributed by atoms with E-state index >= 15 is 0 Å². The van der Waals surface area contributed by atoms with E-state index in [-0.39, 0.29) is 0 Å². The molecule has 1 saturated carbocycles. The fourth-order valence-electron chi connectivity index (χ4n) is 2.49. The molecule has 0 N–H and O–H groups in total. The van der Waals surface area contributed by atoms with Gasteiger partial charge in [-0.25, -0.2) is 0 Å².